The first-order chi connectivity index (χ1) is 9.50. The SMILES string of the molecule is Cc1c(Oc2ncccc2[N+](=O)[O-])cccc1C(=O)O. The van der Waals surface area contributed by atoms with Crippen molar-refractivity contribution < 1.29 is 19.6 Å². The molecule has 1 heterocycles. The van der Waals surface area contributed by atoms with E-state index in [1.54, 1.807) is 6.92 Å². The highest BCUT2D eigenvalue weighted by atomic mass is 16.6. The van der Waals surface area contributed by atoms with Gasteiger partial charge in [0.15, 0.2) is 0 Å². The molecule has 102 valence electrons. The van der Waals surface area contributed by atoms with Crippen LogP contribution in [0.3, 0.4) is 0 Å². The molecular weight excluding hydrogens is 264 g/mol. The van der Waals surface area contributed by atoms with Crippen molar-refractivity contribution in [3.63, 3.8) is 0 Å². The first-order valence-corrected chi connectivity index (χ1v) is 5.61. The Bertz CT molecular complexity index is 684. The van der Waals surface area contributed by atoms with E-state index < -0.39 is 10.9 Å². The Morgan fingerprint density at radius 3 is 2.75 bits per heavy atom. The highest BCUT2D eigenvalue weighted by Gasteiger charge is 2.18. The number of hydrogen-bond donors (Lipinski definition) is 1. The summed E-state index contributed by atoms with van der Waals surface area (Å²) >= 11 is 0. The lowest BCUT2D eigenvalue weighted by Crippen LogP contribution is -2.02. The third-order valence-electron chi connectivity index (χ3n) is 2.67. The number of aromatic carboxylic acids is 1. The molecular formula is C13H10N2O5. The van der Waals surface area contributed by atoms with Crippen LogP contribution in [0.4, 0.5) is 5.69 Å². The van der Waals surface area contributed by atoms with Crippen molar-refractivity contribution in [1.82, 2.24) is 4.98 Å². The highest BCUT2D eigenvalue weighted by Crippen LogP contribution is 2.31. The van der Waals surface area contributed by atoms with Crippen LogP contribution < -0.4 is 4.74 Å². The quantitative estimate of drug-likeness (QED) is 0.679. The van der Waals surface area contributed by atoms with Gasteiger partial charge in [-0.3, -0.25) is 10.1 Å². The third-order valence-corrected chi connectivity index (χ3v) is 2.67. The minimum atomic E-state index is -1.09. The maximum atomic E-state index is 11.0. The van der Waals surface area contributed by atoms with Crippen LogP contribution in [0.25, 0.3) is 0 Å². The molecule has 1 aromatic carbocycles. The van der Waals surface area contributed by atoms with Crippen molar-refractivity contribution in [3.8, 4) is 11.6 Å². The van der Waals surface area contributed by atoms with E-state index >= 15 is 0 Å². The number of ether oxygens (including phenoxy) is 1. The molecule has 0 bridgehead atoms. The van der Waals surface area contributed by atoms with Crippen molar-refractivity contribution >= 4 is 11.7 Å². The molecule has 0 fully saturated rings. The molecule has 0 radical (unpaired) electrons. The van der Waals surface area contributed by atoms with Gasteiger partial charge in [-0.05, 0) is 25.1 Å². The second-order valence-electron chi connectivity index (χ2n) is 3.92. The molecule has 0 atom stereocenters. The minimum Gasteiger partial charge on any atom is -0.478 e. The zero-order valence-electron chi connectivity index (χ0n) is 10.4. The number of aromatic nitrogens is 1. The first-order valence-electron chi connectivity index (χ1n) is 5.61. The number of nitrogens with zero attached hydrogens (tertiary/aromatic N) is 2. The van der Waals surface area contributed by atoms with Crippen molar-refractivity contribution in [3.05, 3.63) is 57.8 Å². The number of carbonyl (C=O) groups is 1. The van der Waals surface area contributed by atoms with Gasteiger partial charge >= 0.3 is 11.7 Å². The Morgan fingerprint density at radius 1 is 1.35 bits per heavy atom. The van der Waals surface area contributed by atoms with E-state index in [0.29, 0.717) is 5.56 Å². The van der Waals surface area contributed by atoms with E-state index in [0.717, 1.165) is 0 Å². The van der Waals surface area contributed by atoms with Gasteiger partial charge in [-0.15, -0.1) is 0 Å². The Labute approximate surface area is 113 Å². The Morgan fingerprint density at radius 2 is 2.10 bits per heavy atom. The third kappa shape index (κ3) is 2.56. The molecule has 0 spiro atoms. The number of pyridine rings is 1. The van der Waals surface area contributed by atoms with Crippen LogP contribution >= 0.6 is 0 Å². The number of rotatable bonds is 4. The summed E-state index contributed by atoms with van der Waals surface area (Å²) in [5.74, 6) is -1.06. The fourth-order valence-corrected chi connectivity index (χ4v) is 1.66. The Hall–Kier alpha value is -2.96. The number of benzene rings is 1. The van der Waals surface area contributed by atoms with Gasteiger partial charge in [-0.1, -0.05) is 6.07 Å². The molecule has 0 amide bonds. The van der Waals surface area contributed by atoms with Crippen LogP contribution in [0.2, 0.25) is 0 Å². The summed E-state index contributed by atoms with van der Waals surface area (Å²) in [5, 5.41) is 19.9. The van der Waals surface area contributed by atoms with Gasteiger partial charge in [0.05, 0.1) is 10.5 Å². The minimum absolute atomic E-state index is 0.0704. The van der Waals surface area contributed by atoms with Gasteiger partial charge in [0.25, 0.3) is 5.88 Å². The molecule has 0 unspecified atom stereocenters. The molecule has 0 aliphatic carbocycles. The van der Waals surface area contributed by atoms with Crippen LogP contribution in [0.1, 0.15) is 15.9 Å². The molecule has 0 aliphatic rings. The van der Waals surface area contributed by atoms with Crippen molar-refractivity contribution in [2.45, 2.75) is 6.92 Å². The van der Waals surface area contributed by atoms with Gasteiger partial charge in [0.1, 0.15) is 5.75 Å². The van der Waals surface area contributed by atoms with E-state index in [1.165, 1.54) is 36.5 Å². The van der Waals surface area contributed by atoms with Gasteiger partial charge in [-0.2, -0.15) is 0 Å². The monoisotopic (exact) mass is 274 g/mol. The number of nitro groups is 1. The first kappa shape index (κ1) is 13.5. The van der Waals surface area contributed by atoms with E-state index in [9.17, 15) is 14.9 Å². The van der Waals surface area contributed by atoms with Crippen molar-refractivity contribution in [2.24, 2.45) is 0 Å². The zero-order valence-corrected chi connectivity index (χ0v) is 10.4. The van der Waals surface area contributed by atoms with Gasteiger partial charge in [0.2, 0.25) is 0 Å². The molecule has 0 saturated carbocycles. The number of hydrogen-bond acceptors (Lipinski definition) is 5. The zero-order chi connectivity index (χ0) is 14.7. The molecule has 1 N–H and O–H groups in total. The fraction of sp³-hybridized carbons (Fsp3) is 0.0769. The average Bonchev–Trinajstić information content (AvgIpc) is 2.41. The second kappa shape index (κ2) is 5.35. The van der Waals surface area contributed by atoms with E-state index in [4.69, 9.17) is 9.84 Å². The molecule has 0 aliphatic heterocycles. The summed E-state index contributed by atoms with van der Waals surface area (Å²) in [6.07, 6.45) is 1.36. The van der Waals surface area contributed by atoms with Crippen LogP contribution in [-0.2, 0) is 0 Å². The smallest absolute Gasteiger partial charge is 0.336 e. The standard InChI is InChI=1S/C13H10N2O5/c1-8-9(13(16)17)4-2-6-11(8)20-12-10(15(18)19)5-3-7-14-12/h2-7H,1H3,(H,16,17). The summed E-state index contributed by atoms with van der Waals surface area (Å²) in [5.41, 5.74) is 0.161. The topological polar surface area (TPSA) is 103 Å². The number of carboxylic acid groups (broad SMARTS) is 1. The lowest BCUT2D eigenvalue weighted by Gasteiger charge is -2.09. The van der Waals surface area contributed by atoms with E-state index in [1.807, 2.05) is 0 Å². The summed E-state index contributed by atoms with van der Waals surface area (Å²) < 4.78 is 5.38. The summed E-state index contributed by atoms with van der Waals surface area (Å²) in [4.78, 5) is 25.1. The fourth-order valence-electron chi connectivity index (χ4n) is 1.66. The van der Waals surface area contributed by atoms with Gasteiger partial charge in [-0.25, -0.2) is 9.78 Å². The molecule has 2 rings (SSSR count). The molecule has 1 aromatic heterocycles. The average molecular weight is 274 g/mol. The highest BCUT2D eigenvalue weighted by molar-refractivity contribution is 5.90. The second-order valence-corrected chi connectivity index (χ2v) is 3.92. The van der Waals surface area contributed by atoms with Gasteiger partial charge < -0.3 is 9.84 Å². The van der Waals surface area contributed by atoms with Crippen LogP contribution in [0, 0.1) is 17.0 Å². The summed E-state index contributed by atoms with van der Waals surface area (Å²) in [7, 11) is 0. The molecule has 7 nitrogen and oxygen atoms in total. The predicted octanol–water partition coefficient (Wildman–Crippen LogP) is 2.79. The molecule has 2 aromatic rings. The summed E-state index contributed by atoms with van der Waals surface area (Å²) in [6.45, 7) is 1.56. The molecule has 0 saturated heterocycles. The lowest BCUT2D eigenvalue weighted by molar-refractivity contribution is -0.386. The van der Waals surface area contributed by atoms with Gasteiger partial charge in [0, 0.05) is 17.8 Å². The van der Waals surface area contributed by atoms with Crippen LogP contribution in [0.5, 0.6) is 11.6 Å². The largest absolute Gasteiger partial charge is 0.478 e. The lowest BCUT2D eigenvalue weighted by atomic mass is 10.1. The summed E-state index contributed by atoms with van der Waals surface area (Å²) in [6, 6.07) is 7.14. The normalized spacial score (nSPS) is 10.1. The van der Waals surface area contributed by atoms with Crippen LogP contribution in [-0.4, -0.2) is 21.0 Å². The molecule has 7 heteroatoms. The van der Waals surface area contributed by atoms with Crippen molar-refractivity contribution in [2.75, 3.05) is 0 Å². The Balaban J connectivity index is 2.43. The molecule has 20 heavy (non-hydrogen) atoms. The van der Waals surface area contributed by atoms with E-state index in [-0.39, 0.29) is 22.9 Å². The maximum Gasteiger partial charge on any atom is 0.336 e. The predicted molar refractivity (Wildman–Crippen MR) is 69.1 cm³/mol. The Kier molecular flexibility index (Phi) is 3.60. The number of carboxylic acids is 1. The van der Waals surface area contributed by atoms with Crippen LogP contribution in [0.15, 0.2) is 36.5 Å². The van der Waals surface area contributed by atoms with Crippen molar-refractivity contribution in [1.29, 1.82) is 0 Å². The van der Waals surface area contributed by atoms with E-state index in [2.05, 4.69) is 4.98 Å². The maximum absolute atomic E-state index is 11.0.